The van der Waals surface area contributed by atoms with Crippen LogP contribution in [0.2, 0.25) is 0 Å². The van der Waals surface area contributed by atoms with Crippen LogP contribution in [-0.4, -0.2) is 42.7 Å². The molecule has 9 heteroatoms. The summed E-state index contributed by atoms with van der Waals surface area (Å²) >= 11 is 6.17. The molecule has 2 aromatic rings. The number of amides is 3. The molecule has 1 saturated heterocycles. The minimum absolute atomic E-state index is 0.137. The second-order valence-electron chi connectivity index (χ2n) is 12.5. The number of ether oxygens (including phenoxy) is 2. The van der Waals surface area contributed by atoms with E-state index in [9.17, 15) is 9.59 Å². The van der Waals surface area contributed by atoms with Gasteiger partial charge in [-0.2, -0.15) is 0 Å². The van der Waals surface area contributed by atoms with Crippen LogP contribution >= 0.6 is 12.2 Å². The molecule has 1 N–H and O–H groups in total. The number of nitrogens with zero attached hydrogens (tertiary/aromatic N) is 2. The standard InChI is InChI=1S/C31H35N3O5S/c1-18-10-12-22-21(16-18)31(26(36)33(22)5)29(14-8-7-9-15-29)30(24(40)32-31)20-17-19(38-6)11-13-23(20)34(25(30)35)27(37)39-28(2,3)4/h10-13,16-17H,7-9,14-15H2,1-6H3,(H,32,40)/t30-,31-/m1/s1. The molecule has 4 aliphatic rings. The molecule has 0 unspecified atom stereocenters. The van der Waals surface area contributed by atoms with Crippen molar-refractivity contribution in [2.45, 2.75) is 76.4 Å². The van der Waals surface area contributed by atoms with Crippen LogP contribution in [-0.2, 0) is 25.3 Å². The van der Waals surface area contributed by atoms with E-state index < -0.39 is 34.0 Å². The molecular formula is C31H35N3O5S. The molecule has 2 aromatic carbocycles. The predicted molar refractivity (Wildman–Crippen MR) is 156 cm³/mol. The van der Waals surface area contributed by atoms with Crippen molar-refractivity contribution in [2.75, 3.05) is 24.0 Å². The minimum Gasteiger partial charge on any atom is -0.497 e. The van der Waals surface area contributed by atoms with Gasteiger partial charge in [-0.05, 0) is 64.8 Å². The SMILES string of the molecule is COc1ccc2c(c1)[C@]1(C(=O)N2C(=O)OC(C)(C)C)C(=S)N[C@]2(C(=O)N(C)c3ccc(C)cc32)C12CCCCC2. The van der Waals surface area contributed by atoms with Gasteiger partial charge in [0.25, 0.3) is 11.8 Å². The number of hydrogen-bond donors (Lipinski definition) is 1. The van der Waals surface area contributed by atoms with Crippen LogP contribution in [0.5, 0.6) is 5.75 Å². The number of carbonyl (C=O) groups is 3. The molecule has 2 atom stereocenters. The van der Waals surface area contributed by atoms with Gasteiger partial charge in [-0.1, -0.05) is 49.2 Å². The highest BCUT2D eigenvalue weighted by Gasteiger charge is 2.81. The Hall–Kier alpha value is -3.46. The molecule has 40 heavy (non-hydrogen) atoms. The van der Waals surface area contributed by atoms with Crippen LogP contribution in [0.1, 0.15) is 69.6 Å². The van der Waals surface area contributed by atoms with Crippen LogP contribution in [0.15, 0.2) is 36.4 Å². The fourth-order valence-corrected chi connectivity index (χ4v) is 8.34. The van der Waals surface area contributed by atoms with Gasteiger partial charge in [0, 0.05) is 29.3 Å². The number of likely N-dealkylation sites (N-methyl/N-ethyl adjacent to an activating group) is 1. The number of rotatable bonds is 1. The zero-order valence-corrected chi connectivity index (χ0v) is 24.7. The first-order valence-corrected chi connectivity index (χ1v) is 14.2. The third-order valence-corrected chi connectivity index (χ3v) is 9.68. The fraction of sp³-hybridized carbons (Fsp3) is 0.484. The second kappa shape index (κ2) is 8.52. The molecule has 8 nitrogen and oxygen atoms in total. The molecule has 3 amide bonds. The number of methoxy groups -OCH3 is 1. The number of benzene rings is 2. The van der Waals surface area contributed by atoms with E-state index in [-0.39, 0.29) is 10.9 Å². The summed E-state index contributed by atoms with van der Waals surface area (Å²) in [5.74, 6) is -0.0715. The van der Waals surface area contributed by atoms with Gasteiger partial charge in [0.2, 0.25) is 0 Å². The predicted octanol–water partition coefficient (Wildman–Crippen LogP) is 5.28. The molecule has 3 aliphatic heterocycles. The van der Waals surface area contributed by atoms with E-state index in [1.807, 2.05) is 25.1 Å². The van der Waals surface area contributed by atoms with Gasteiger partial charge in [0.15, 0.2) is 5.54 Å². The molecule has 1 aliphatic carbocycles. The van der Waals surface area contributed by atoms with Crippen molar-refractivity contribution in [1.82, 2.24) is 5.32 Å². The minimum atomic E-state index is -1.47. The zero-order valence-electron chi connectivity index (χ0n) is 23.8. The molecule has 1 saturated carbocycles. The Morgan fingerprint density at radius 1 is 0.975 bits per heavy atom. The topological polar surface area (TPSA) is 88.2 Å². The van der Waals surface area contributed by atoms with Crippen LogP contribution in [0.25, 0.3) is 0 Å². The van der Waals surface area contributed by atoms with Crippen molar-refractivity contribution < 1.29 is 23.9 Å². The normalized spacial score (nSPS) is 26.5. The monoisotopic (exact) mass is 561 g/mol. The number of hydrogen-bond acceptors (Lipinski definition) is 6. The smallest absolute Gasteiger partial charge is 0.421 e. The molecule has 3 heterocycles. The summed E-state index contributed by atoms with van der Waals surface area (Å²) in [7, 11) is 3.34. The van der Waals surface area contributed by atoms with Crippen molar-refractivity contribution in [3.05, 3.63) is 53.1 Å². The van der Waals surface area contributed by atoms with Gasteiger partial charge in [0.1, 0.15) is 16.8 Å². The molecule has 0 radical (unpaired) electrons. The lowest BCUT2D eigenvalue weighted by Crippen LogP contribution is -2.62. The Balaban J connectivity index is 1.69. The summed E-state index contributed by atoms with van der Waals surface area (Å²) < 4.78 is 11.3. The molecule has 210 valence electrons. The van der Waals surface area contributed by atoms with Gasteiger partial charge in [-0.15, -0.1) is 0 Å². The highest BCUT2D eigenvalue weighted by molar-refractivity contribution is 7.80. The highest BCUT2D eigenvalue weighted by atomic mass is 32.1. The number of nitrogens with one attached hydrogen (secondary N) is 1. The first kappa shape index (κ1) is 26.7. The number of thiocarbonyl (C=S) groups is 1. The number of imide groups is 1. The van der Waals surface area contributed by atoms with Crippen molar-refractivity contribution in [3.8, 4) is 5.75 Å². The summed E-state index contributed by atoms with van der Waals surface area (Å²) in [6.07, 6.45) is 3.03. The lowest BCUT2D eigenvalue weighted by molar-refractivity contribution is -0.135. The van der Waals surface area contributed by atoms with Crippen molar-refractivity contribution in [1.29, 1.82) is 0 Å². The molecule has 3 spiro atoms. The van der Waals surface area contributed by atoms with Crippen LogP contribution in [0.4, 0.5) is 16.2 Å². The van der Waals surface area contributed by atoms with E-state index in [1.165, 1.54) is 0 Å². The van der Waals surface area contributed by atoms with E-state index >= 15 is 4.79 Å². The average Bonchev–Trinajstić information content (AvgIpc) is 3.38. The Labute approximate surface area is 240 Å². The summed E-state index contributed by atoms with van der Waals surface area (Å²) in [6.45, 7) is 7.30. The highest BCUT2D eigenvalue weighted by Crippen LogP contribution is 2.70. The summed E-state index contributed by atoms with van der Waals surface area (Å²) in [5.41, 5.74) is -0.887. The maximum absolute atomic E-state index is 15.0. The lowest BCUT2D eigenvalue weighted by Gasteiger charge is -2.50. The number of carbonyl (C=O) groups excluding carboxylic acids is 3. The van der Waals surface area contributed by atoms with Crippen molar-refractivity contribution >= 4 is 46.5 Å². The van der Waals surface area contributed by atoms with E-state index in [4.69, 9.17) is 21.7 Å². The third kappa shape index (κ3) is 3.07. The number of aryl methyl sites for hydroxylation is 1. The Kier molecular flexibility index (Phi) is 5.70. The van der Waals surface area contributed by atoms with Crippen molar-refractivity contribution in [2.24, 2.45) is 5.41 Å². The number of anilines is 2. The molecule has 2 fully saturated rings. The van der Waals surface area contributed by atoms with E-state index in [0.717, 1.165) is 41.0 Å². The molecular weight excluding hydrogens is 526 g/mol. The average molecular weight is 562 g/mol. The van der Waals surface area contributed by atoms with E-state index in [0.29, 0.717) is 29.8 Å². The first-order chi connectivity index (χ1) is 18.9. The summed E-state index contributed by atoms with van der Waals surface area (Å²) in [4.78, 5) is 46.4. The van der Waals surface area contributed by atoms with Gasteiger partial charge in [0.05, 0.1) is 17.8 Å². The number of fused-ring (bicyclic) bond motifs is 6. The summed E-state index contributed by atoms with van der Waals surface area (Å²) in [6, 6.07) is 11.2. The van der Waals surface area contributed by atoms with Gasteiger partial charge in [-0.3, -0.25) is 9.59 Å². The Morgan fingerprint density at radius 2 is 1.65 bits per heavy atom. The fourth-order valence-electron chi connectivity index (χ4n) is 7.79. The maximum Gasteiger partial charge on any atom is 0.421 e. The van der Waals surface area contributed by atoms with Gasteiger partial charge >= 0.3 is 6.09 Å². The molecule has 6 rings (SSSR count). The quantitative estimate of drug-likeness (QED) is 0.474. The van der Waals surface area contributed by atoms with Crippen LogP contribution in [0, 0.1) is 12.3 Å². The largest absolute Gasteiger partial charge is 0.497 e. The Morgan fingerprint density at radius 3 is 2.30 bits per heavy atom. The summed E-state index contributed by atoms with van der Waals surface area (Å²) in [5, 5.41) is 3.50. The second-order valence-corrected chi connectivity index (χ2v) is 12.9. The van der Waals surface area contributed by atoms with Gasteiger partial charge in [-0.25, -0.2) is 9.69 Å². The molecule has 0 aromatic heterocycles. The van der Waals surface area contributed by atoms with Crippen LogP contribution < -0.4 is 19.9 Å². The molecule has 0 bridgehead atoms. The van der Waals surface area contributed by atoms with E-state index in [2.05, 4.69) is 5.32 Å². The first-order valence-electron chi connectivity index (χ1n) is 13.8. The van der Waals surface area contributed by atoms with Crippen molar-refractivity contribution in [3.63, 3.8) is 0 Å². The zero-order chi connectivity index (χ0) is 28.8. The van der Waals surface area contributed by atoms with Crippen LogP contribution in [0.3, 0.4) is 0 Å². The Bertz CT molecular complexity index is 1490. The maximum atomic E-state index is 15.0. The third-order valence-electron chi connectivity index (χ3n) is 9.28. The van der Waals surface area contributed by atoms with E-state index in [1.54, 1.807) is 58.0 Å². The van der Waals surface area contributed by atoms with Gasteiger partial charge < -0.3 is 19.7 Å². The lowest BCUT2D eigenvalue weighted by atomic mass is 9.48.